The molecule has 1 aliphatic carbocycles. The van der Waals surface area contributed by atoms with Gasteiger partial charge in [0.15, 0.2) is 0 Å². The van der Waals surface area contributed by atoms with Gasteiger partial charge in [-0.3, -0.25) is 4.79 Å². The highest BCUT2D eigenvalue weighted by Gasteiger charge is 2.46. The molecular formula is C16H20Cl2N2O. The van der Waals surface area contributed by atoms with Crippen LogP contribution in [-0.4, -0.2) is 37.5 Å². The lowest BCUT2D eigenvalue weighted by Gasteiger charge is -2.16. The maximum Gasteiger partial charge on any atom is 0.226 e. The first-order valence-electron chi connectivity index (χ1n) is 7.48. The van der Waals surface area contributed by atoms with Crippen molar-refractivity contribution in [2.45, 2.75) is 18.8 Å². The van der Waals surface area contributed by atoms with E-state index in [0.717, 1.165) is 38.0 Å². The SMILES string of the molecule is CNC[C@@H]1CCN(C(=O)[C@@H]2C[C@@H]2c2ccc(Cl)c(Cl)c2)C1. The van der Waals surface area contributed by atoms with Crippen LogP contribution in [0.5, 0.6) is 0 Å². The van der Waals surface area contributed by atoms with Gasteiger partial charge < -0.3 is 10.2 Å². The number of likely N-dealkylation sites (tertiary alicyclic amines) is 1. The summed E-state index contributed by atoms with van der Waals surface area (Å²) >= 11 is 12.0. The van der Waals surface area contributed by atoms with Gasteiger partial charge in [0, 0.05) is 19.0 Å². The van der Waals surface area contributed by atoms with Crippen molar-refractivity contribution < 1.29 is 4.79 Å². The minimum Gasteiger partial charge on any atom is -0.342 e. The number of halogens is 2. The summed E-state index contributed by atoms with van der Waals surface area (Å²) in [6, 6.07) is 5.70. The van der Waals surface area contributed by atoms with Crippen molar-refractivity contribution in [1.82, 2.24) is 10.2 Å². The average Bonchev–Trinajstić information content (AvgIpc) is 3.13. The molecule has 3 nitrogen and oxygen atoms in total. The van der Waals surface area contributed by atoms with Crippen LogP contribution in [0.4, 0.5) is 0 Å². The molecule has 0 radical (unpaired) electrons. The van der Waals surface area contributed by atoms with E-state index >= 15 is 0 Å². The molecule has 5 heteroatoms. The minimum absolute atomic E-state index is 0.135. The lowest BCUT2D eigenvalue weighted by Crippen LogP contribution is -2.31. The van der Waals surface area contributed by atoms with E-state index < -0.39 is 0 Å². The van der Waals surface area contributed by atoms with Crippen LogP contribution in [-0.2, 0) is 4.79 Å². The summed E-state index contributed by atoms with van der Waals surface area (Å²) < 4.78 is 0. The second kappa shape index (κ2) is 6.15. The first-order chi connectivity index (χ1) is 10.1. The number of nitrogens with zero attached hydrogens (tertiary/aromatic N) is 1. The van der Waals surface area contributed by atoms with Gasteiger partial charge in [-0.2, -0.15) is 0 Å². The number of carbonyl (C=O) groups is 1. The lowest BCUT2D eigenvalue weighted by molar-refractivity contribution is -0.131. The summed E-state index contributed by atoms with van der Waals surface area (Å²) in [5, 5.41) is 4.33. The standard InChI is InChI=1S/C16H20Cl2N2O/c1-19-8-10-4-5-20(9-10)16(21)13-7-12(13)11-2-3-14(17)15(18)6-11/h2-3,6,10,12-13,19H,4-5,7-9H2,1H3/t10-,12+,13+/m0/s1. The Morgan fingerprint density at radius 3 is 2.90 bits per heavy atom. The normalized spacial score (nSPS) is 28.0. The van der Waals surface area contributed by atoms with Gasteiger partial charge in [0.2, 0.25) is 5.91 Å². The minimum atomic E-state index is 0.135. The number of carbonyl (C=O) groups excluding carboxylic acids is 1. The third kappa shape index (κ3) is 3.20. The molecule has 0 bridgehead atoms. The van der Waals surface area contributed by atoms with Crippen LogP contribution >= 0.6 is 23.2 Å². The third-order valence-electron chi connectivity index (χ3n) is 4.57. The van der Waals surface area contributed by atoms with Gasteiger partial charge in [-0.05, 0) is 56.0 Å². The summed E-state index contributed by atoms with van der Waals surface area (Å²) in [5.41, 5.74) is 1.13. The Balaban J connectivity index is 1.60. The molecule has 0 unspecified atom stereocenters. The number of nitrogens with one attached hydrogen (secondary N) is 1. The largest absolute Gasteiger partial charge is 0.342 e. The van der Waals surface area contributed by atoms with E-state index in [1.54, 1.807) is 0 Å². The predicted octanol–water partition coefficient (Wildman–Crippen LogP) is 3.16. The van der Waals surface area contributed by atoms with Gasteiger partial charge >= 0.3 is 0 Å². The van der Waals surface area contributed by atoms with Gasteiger partial charge in [-0.1, -0.05) is 29.3 Å². The predicted molar refractivity (Wildman–Crippen MR) is 85.9 cm³/mol. The average molecular weight is 327 g/mol. The number of hydrogen-bond donors (Lipinski definition) is 1. The Bertz CT molecular complexity index is 549. The Morgan fingerprint density at radius 2 is 2.19 bits per heavy atom. The van der Waals surface area contributed by atoms with Crippen molar-refractivity contribution >= 4 is 29.1 Å². The molecular weight excluding hydrogens is 307 g/mol. The van der Waals surface area contributed by atoms with Crippen LogP contribution in [0.2, 0.25) is 10.0 Å². The highest BCUT2D eigenvalue weighted by atomic mass is 35.5. The van der Waals surface area contributed by atoms with Crippen molar-refractivity contribution in [1.29, 1.82) is 0 Å². The van der Waals surface area contributed by atoms with E-state index in [2.05, 4.69) is 5.32 Å². The Kier molecular flexibility index (Phi) is 4.43. The monoisotopic (exact) mass is 326 g/mol. The van der Waals surface area contributed by atoms with E-state index in [1.165, 1.54) is 0 Å². The van der Waals surface area contributed by atoms with Crippen molar-refractivity contribution in [2.24, 2.45) is 11.8 Å². The number of amides is 1. The number of rotatable bonds is 4. The molecule has 1 aromatic rings. The van der Waals surface area contributed by atoms with Crippen LogP contribution in [0, 0.1) is 11.8 Å². The summed E-state index contributed by atoms with van der Waals surface area (Å²) in [6.07, 6.45) is 2.04. The topological polar surface area (TPSA) is 32.3 Å². The maximum absolute atomic E-state index is 12.5. The summed E-state index contributed by atoms with van der Waals surface area (Å²) in [7, 11) is 1.96. The number of benzene rings is 1. The molecule has 3 rings (SSSR count). The molecule has 2 fully saturated rings. The fourth-order valence-electron chi connectivity index (χ4n) is 3.30. The van der Waals surface area contributed by atoms with E-state index in [4.69, 9.17) is 23.2 Å². The molecule has 1 aromatic carbocycles. The fourth-order valence-corrected chi connectivity index (χ4v) is 3.61. The van der Waals surface area contributed by atoms with Gasteiger partial charge in [-0.25, -0.2) is 0 Å². The molecule has 1 saturated heterocycles. The van der Waals surface area contributed by atoms with Crippen LogP contribution in [0.1, 0.15) is 24.3 Å². The molecule has 21 heavy (non-hydrogen) atoms. The highest BCUT2D eigenvalue weighted by molar-refractivity contribution is 6.42. The van der Waals surface area contributed by atoms with Crippen LogP contribution in [0.15, 0.2) is 18.2 Å². The second-order valence-corrected chi connectivity index (χ2v) is 6.93. The molecule has 1 aliphatic heterocycles. The second-order valence-electron chi connectivity index (χ2n) is 6.12. The van der Waals surface area contributed by atoms with Crippen molar-refractivity contribution in [3.63, 3.8) is 0 Å². The number of hydrogen-bond acceptors (Lipinski definition) is 2. The van der Waals surface area contributed by atoms with E-state index in [9.17, 15) is 4.79 Å². The molecule has 1 heterocycles. The molecule has 114 valence electrons. The quantitative estimate of drug-likeness (QED) is 0.921. The van der Waals surface area contributed by atoms with Crippen molar-refractivity contribution in [3.8, 4) is 0 Å². The van der Waals surface area contributed by atoms with Gasteiger partial charge in [0.1, 0.15) is 0 Å². The Morgan fingerprint density at radius 1 is 1.38 bits per heavy atom. The Hall–Kier alpha value is -0.770. The summed E-state index contributed by atoms with van der Waals surface area (Å²) in [5.74, 6) is 1.36. The molecule has 1 saturated carbocycles. The first-order valence-corrected chi connectivity index (χ1v) is 8.24. The van der Waals surface area contributed by atoms with Crippen molar-refractivity contribution in [2.75, 3.05) is 26.7 Å². The lowest BCUT2D eigenvalue weighted by atomic mass is 10.1. The van der Waals surface area contributed by atoms with Crippen LogP contribution in [0.3, 0.4) is 0 Å². The van der Waals surface area contributed by atoms with Gasteiger partial charge in [-0.15, -0.1) is 0 Å². The summed E-state index contributed by atoms with van der Waals surface area (Å²) in [6.45, 7) is 2.78. The van der Waals surface area contributed by atoms with Gasteiger partial charge in [0.25, 0.3) is 0 Å². The molecule has 2 aliphatic rings. The highest BCUT2D eigenvalue weighted by Crippen LogP contribution is 2.49. The molecule has 3 atom stereocenters. The summed E-state index contributed by atoms with van der Waals surface area (Å²) in [4.78, 5) is 14.6. The van der Waals surface area contributed by atoms with Crippen LogP contribution in [0.25, 0.3) is 0 Å². The molecule has 0 aromatic heterocycles. The zero-order chi connectivity index (χ0) is 15.0. The third-order valence-corrected chi connectivity index (χ3v) is 5.31. The van der Waals surface area contributed by atoms with Crippen molar-refractivity contribution in [3.05, 3.63) is 33.8 Å². The fraction of sp³-hybridized carbons (Fsp3) is 0.562. The molecule has 0 spiro atoms. The van der Waals surface area contributed by atoms with Crippen LogP contribution < -0.4 is 5.32 Å². The van der Waals surface area contributed by atoms with E-state index in [0.29, 0.717) is 27.8 Å². The molecule has 1 N–H and O–H groups in total. The van der Waals surface area contributed by atoms with Gasteiger partial charge in [0.05, 0.1) is 10.0 Å². The molecule has 1 amide bonds. The Labute approximate surface area is 135 Å². The zero-order valence-corrected chi connectivity index (χ0v) is 13.6. The first kappa shape index (κ1) is 15.1. The van der Waals surface area contributed by atoms with E-state index in [-0.39, 0.29) is 5.92 Å². The van der Waals surface area contributed by atoms with E-state index in [1.807, 2.05) is 30.1 Å². The zero-order valence-electron chi connectivity index (χ0n) is 12.1. The maximum atomic E-state index is 12.5. The smallest absolute Gasteiger partial charge is 0.226 e.